The smallest absolute Gasteiger partial charge is 0.294 e. The van der Waals surface area contributed by atoms with Gasteiger partial charge in [0, 0.05) is 24.5 Å². The van der Waals surface area contributed by atoms with E-state index < -0.39 is 17.1 Å². The summed E-state index contributed by atoms with van der Waals surface area (Å²) >= 11 is 0.865. The van der Waals surface area contributed by atoms with E-state index in [1.54, 1.807) is 30.3 Å². The molecule has 0 bridgehead atoms. The van der Waals surface area contributed by atoms with Gasteiger partial charge in [-0.2, -0.15) is 0 Å². The molecule has 2 fully saturated rings. The normalized spacial score (nSPS) is 17.4. The molecule has 2 aromatic rings. The average molecular weight is 480 g/mol. The van der Waals surface area contributed by atoms with Gasteiger partial charge in [0.1, 0.15) is 12.3 Å². The SMILES string of the molecule is CCOc1ccc(NC(=O)CN2C(=O)S/C(=C/c3ccc(N4CCCCC4)cc3C)C2=O)cc1. The Morgan fingerprint density at radius 1 is 1.09 bits per heavy atom. The fourth-order valence-electron chi connectivity index (χ4n) is 4.09. The summed E-state index contributed by atoms with van der Waals surface area (Å²) in [6.45, 7) is 6.26. The van der Waals surface area contributed by atoms with Gasteiger partial charge in [-0.15, -0.1) is 0 Å². The number of hydrogen-bond donors (Lipinski definition) is 1. The van der Waals surface area contributed by atoms with E-state index in [-0.39, 0.29) is 6.54 Å². The van der Waals surface area contributed by atoms with Gasteiger partial charge in [-0.1, -0.05) is 6.07 Å². The van der Waals surface area contributed by atoms with E-state index in [0.717, 1.165) is 40.9 Å². The van der Waals surface area contributed by atoms with Crippen LogP contribution in [0.4, 0.5) is 16.2 Å². The van der Waals surface area contributed by atoms with Crippen LogP contribution in [0.3, 0.4) is 0 Å². The van der Waals surface area contributed by atoms with Crippen molar-refractivity contribution in [2.75, 3.05) is 36.5 Å². The number of nitrogens with zero attached hydrogens (tertiary/aromatic N) is 2. The van der Waals surface area contributed by atoms with Crippen LogP contribution < -0.4 is 15.0 Å². The van der Waals surface area contributed by atoms with E-state index >= 15 is 0 Å². The number of hydrogen-bond acceptors (Lipinski definition) is 6. The molecule has 34 heavy (non-hydrogen) atoms. The second-order valence-electron chi connectivity index (χ2n) is 8.36. The van der Waals surface area contributed by atoms with E-state index in [1.807, 2.05) is 19.9 Å². The molecule has 0 radical (unpaired) electrons. The lowest BCUT2D eigenvalue weighted by Crippen LogP contribution is -2.36. The molecule has 178 valence electrons. The maximum absolute atomic E-state index is 12.9. The molecule has 2 heterocycles. The lowest BCUT2D eigenvalue weighted by molar-refractivity contribution is -0.127. The summed E-state index contributed by atoms with van der Waals surface area (Å²) in [5.74, 6) is -0.179. The second-order valence-corrected chi connectivity index (χ2v) is 9.36. The molecule has 0 saturated carbocycles. The first-order valence-electron chi connectivity index (χ1n) is 11.6. The maximum Gasteiger partial charge on any atom is 0.294 e. The molecule has 2 aliphatic rings. The Morgan fingerprint density at radius 3 is 2.50 bits per heavy atom. The minimum absolute atomic E-state index is 0.327. The van der Waals surface area contributed by atoms with E-state index in [9.17, 15) is 14.4 Å². The Bertz CT molecular complexity index is 1110. The third-order valence-corrected chi connectivity index (χ3v) is 6.79. The Kier molecular flexibility index (Phi) is 7.57. The molecule has 3 amide bonds. The van der Waals surface area contributed by atoms with Crippen molar-refractivity contribution in [1.82, 2.24) is 4.90 Å². The van der Waals surface area contributed by atoms with Crippen molar-refractivity contribution in [3.8, 4) is 5.75 Å². The number of amides is 3. The fourth-order valence-corrected chi connectivity index (χ4v) is 4.92. The molecule has 4 rings (SSSR count). The lowest BCUT2D eigenvalue weighted by atomic mass is 10.0. The minimum atomic E-state index is -0.448. The van der Waals surface area contributed by atoms with Gasteiger partial charge in [0.15, 0.2) is 0 Å². The number of thioether (sulfide) groups is 1. The monoisotopic (exact) mass is 479 g/mol. The third kappa shape index (κ3) is 5.62. The first-order valence-corrected chi connectivity index (χ1v) is 12.4. The summed E-state index contributed by atoms with van der Waals surface area (Å²) in [7, 11) is 0. The molecular weight excluding hydrogens is 450 g/mol. The van der Waals surface area contributed by atoms with Crippen LogP contribution in [0.2, 0.25) is 0 Å². The van der Waals surface area contributed by atoms with E-state index in [1.165, 1.54) is 24.9 Å². The zero-order valence-electron chi connectivity index (χ0n) is 19.5. The number of anilines is 2. The molecule has 0 spiro atoms. The highest BCUT2D eigenvalue weighted by Gasteiger charge is 2.36. The van der Waals surface area contributed by atoms with Crippen LogP contribution in [0, 0.1) is 6.92 Å². The van der Waals surface area contributed by atoms with Gasteiger partial charge in [-0.25, -0.2) is 0 Å². The van der Waals surface area contributed by atoms with Crippen LogP contribution in [-0.4, -0.2) is 48.2 Å². The summed E-state index contributed by atoms with van der Waals surface area (Å²) in [6, 6.07) is 13.1. The fraction of sp³-hybridized carbons (Fsp3) is 0.346. The first-order chi connectivity index (χ1) is 16.4. The number of carbonyl (C=O) groups is 3. The highest BCUT2D eigenvalue weighted by Crippen LogP contribution is 2.33. The van der Waals surface area contributed by atoms with Gasteiger partial charge in [-0.3, -0.25) is 19.3 Å². The Balaban J connectivity index is 1.40. The van der Waals surface area contributed by atoms with Crippen LogP contribution in [0.25, 0.3) is 6.08 Å². The molecule has 8 heteroatoms. The molecule has 7 nitrogen and oxygen atoms in total. The molecule has 2 aliphatic heterocycles. The number of ether oxygens (including phenoxy) is 1. The van der Waals surface area contributed by atoms with E-state index in [2.05, 4.69) is 22.3 Å². The Hall–Kier alpha value is -3.26. The summed E-state index contributed by atoms with van der Waals surface area (Å²) in [4.78, 5) is 41.5. The van der Waals surface area contributed by atoms with Crippen LogP contribution in [0.15, 0.2) is 47.4 Å². The molecule has 0 aromatic heterocycles. The molecule has 1 N–H and O–H groups in total. The average Bonchev–Trinajstić information content (AvgIpc) is 3.09. The molecule has 0 aliphatic carbocycles. The largest absolute Gasteiger partial charge is 0.494 e. The zero-order valence-corrected chi connectivity index (χ0v) is 20.3. The molecule has 0 atom stereocenters. The summed E-state index contributed by atoms with van der Waals surface area (Å²) < 4.78 is 5.39. The van der Waals surface area contributed by atoms with E-state index in [4.69, 9.17) is 4.74 Å². The minimum Gasteiger partial charge on any atom is -0.494 e. The van der Waals surface area contributed by atoms with Gasteiger partial charge >= 0.3 is 0 Å². The predicted octanol–water partition coefficient (Wildman–Crippen LogP) is 5.06. The Labute approximate surface area is 204 Å². The number of benzene rings is 2. The topological polar surface area (TPSA) is 79.0 Å². The quantitative estimate of drug-likeness (QED) is 0.560. The second kappa shape index (κ2) is 10.8. The van der Waals surface area contributed by atoms with Gasteiger partial charge in [0.25, 0.3) is 11.1 Å². The highest BCUT2D eigenvalue weighted by molar-refractivity contribution is 8.18. The summed E-state index contributed by atoms with van der Waals surface area (Å²) in [5.41, 5.74) is 3.70. The lowest BCUT2D eigenvalue weighted by Gasteiger charge is -2.29. The van der Waals surface area contributed by atoms with Crippen LogP contribution >= 0.6 is 11.8 Å². The molecular formula is C26H29N3O4S. The third-order valence-electron chi connectivity index (χ3n) is 5.89. The van der Waals surface area contributed by atoms with Crippen molar-refractivity contribution in [2.45, 2.75) is 33.1 Å². The summed E-state index contributed by atoms with van der Waals surface area (Å²) in [5, 5.41) is 2.27. The van der Waals surface area contributed by atoms with Crippen molar-refractivity contribution in [2.24, 2.45) is 0 Å². The summed E-state index contributed by atoms with van der Waals surface area (Å²) in [6.07, 6.45) is 5.44. The standard InChI is InChI=1S/C26H29N3O4S/c1-3-33-22-11-8-20(9-12-22)27-24(30)17-29-25(31)23(34-26(29)32)16-19-7-10-21(15-18(19)2)28-13-5-4-6-14-28/h7-12,15-16H,3-6,13-14,17H2,1-2H3,(H,27,30)/b23-16+. The van der Waals surface area contributed by atoms with Crippen LogP contribution in [0.5, 0.6) is 5.75 Å². The van der Waals surface area contributed by atoms with Crippen LogP contribution in [-0.2, 0) is 9.59 Å². The van der Waals surface area contributed by atoms with Crippen molar-refractivity contribution in [1.29, 1.82) is 0 Å². The number of aryl methyl sites for hydroxylation is 1. The molecule has 0 unspecified atom stereocenters. The number of piperidine rings is 1. The van der Waals surface area contributed by atoms with Gasteiger partial charge in [0.05, 0.1) is 11.5 Å². The predicted molar refractivity (Wildman–Crippen MR) is 136 cm³/mol. The number of rotatable bonds is 7. The first kappa shape index (κ1) is 23.9. The van der Waals surface area contributed by atoms with Gasteiger partial charge in [0.2, 0.25) is 5.91 Å². The van der Waals surface area contributed by atoms with Gasteiger partial charge in [-0.05, 0) is 98.5 Å². The van der Waals surface area contributed by atoms with Crippen molar-refractivity contribution in [3.63, 3.8) is 0 Å². The molecule has 2 saturated heterocycles. The van der Waals surface area contributed by atoms with E-state index in [0.29, 0.717) is 22.9 Å². The highest BCUT2D eigenvalue weighted by atomic mass is 32.2. The van der Waals surface area contributed by atoms with Gasteiger partial charge < -0.3 is 15.0 Å². The van der Waals surface area contributed by atoms with Crippen LogP contribution in [0.1, 0.15) is 37.3 Å². The van der Waals surface area contributed by atoms with Crippen molar-refractivity contribution >= 4 is 46.3 Å². The maximum atomic E-state index is 12.9. The number of nitrogens with one attached hydrogen (secondary N) is 1. The zero-order chi connectivity index (χ0) is 24.1. The van der Waals surface area contributed by atoms with Crippen molar-refractivity contribution < 1.29 is 19.1 Å². The number of carbonyl (C=O) groups excluding carboxylic acids is 3. The Morgan fingerprint density at radius 2 is 1.82 bits per heavy atom. The molecule has 2 aromatic carbocycles. The van der Waals surface area contributed by atoms with Crippen molar-refractivity contribution in [3.05, 3.63) is 58.5 Å². The number of imide groups is 1.